The van der Waals surface area contributed by atoms with Gasteiger partial charge in [0.1, 0.15) is 0 Å². The quantitative estimate of drug-likeness (QED) is 0.376. The molecule has 1 heterocycles. The lowest BCUT2D eigenvalue weighted by atomic mass is 9.43. The van der Waals surface area contributed by atoms with Crippen LogP contribution in [0.3, 0.4) is 0 Å². The summed E-state index contributed by atoms with van der Waals surface area (Å²) in [6, 6.07) is 0. The van der Waals surface area contributed by atoms with E-state index in [0.717, 1.165) is 73.0 Å². The molecule has 3 heteroatoms. The summed E-state index contributed by atoms with van der Waals surface area (Å²) in [6.45, 7) is 0. The van der Waals surface area contributed by atoms with E-state index in [2.05, 4.69) is 0 Å². The summed E-state index contributed by atoms with van der Waals surface area (Å²) < 4.78 is 7.29. The average molecular weight is 525 g/mol. The van der Waals surface area contributed by atoms with Gasteiger partial charge in [-0.2, -0.15) is 0 Å². The van der Waals surface area contributed by atoms with Gasteiger partial charge >= 0.3 is 0 Å². The van der Waals surface area contributed by atoms with Crippen molar-refractivity contribution in [3.8, 4) is 0 Å². The summed E-state index contributed by atoms with van der Waals surface area (Å²) in [6.07, 6.45) is 26.1. The molecule has 8 aliphatic rings. The van der Waals surface area contributed by atoms with Crippen LogP contribution in [0.1, 0.15) is 122 Å². The van der Waals surface area contributed by atoms with Gasteiger partial charge in [-0.25, -0.2) is 0 Å². The van der Waals surface area contributed by atoms with Crippen LogP contribution in [0.25, 0.3) is 0 Å². The molecule has 0 bridgehead atoms. The van der Waals surface area contributed by atoms with Crippen molar-refractivity contribution in [3.05, 3.63) is 0 Å². The van der Waals surface area contributed by atoms with Crippen LogP contribution in [0.4, 0.5) is 0 Å². The van der Waals surface area contributed by atoms with Crippen molar-refractivity contribution in [3.63, 3.8) is 0 Å². The van der Waals surface area contributed by atoms with Crippen LogP contribution in [0.5, 0.6) is 0 Å². The maximum atomic E-state index is 11.0. The Morgan fingerprint density at radius 3 is 1.37 bits per heavy atom. The highest BCUT2D eigenvalue weighted by molar-refractivity contribution is 5.10. The largest absolute Gasteiger partial charge is 0.393 e. The summed E-state index contributed by atoms with van der Waals surface area (Å²) >= 11 is 0. The molecule has 0 aromatic heterocycles. The van der Waals surface area contributed by atoms with Gasteiger partial charge in [0.25, 0.3) is 0 Å². The van der Waals surface area contributed by atoms with Gasteiger partial charge in [0.05, 0.1) is 24.4 Å². The molecule has 0 aromatic rings. The van der Waals surface area contributed by atoms with Crippen LogP contribution in [-0.2, 0) is 4.74 Å². The molecule has 14 atom stereocenters. The second kappa shape index (κ2) is 10.3. The van der Waals surface area contributed by atoms with E-state index in [0.29, 0.717) is 35.9 Å². The first-order chi connectivity index (χ1) is 18.7. The zero-order chi connectivity index (χ0) is 25.4. The highest BCUT2D eigenvalue weighted by Crippen LogP contribution is 2.65. The number of fused-ring (bicyclic) bond motifs is 8. The smallest absolute Gasteiger partial charge is 0.0612 e. The second-order valence-electron chi connectivity index (χ2n) is 16.1. The predicted molar refractivity (Wildman–Crippen MR) is 150 cm³/mol. The monoisotopic (exact) mass is 524 g/mol. The lowest BCUT2D eigenvalue weighted by Crippen LogP contribution is -2.63. The SMILES string of the molecule is OC1CCC2CCC3OC4CCC5CCC(O)CC5C4C(C4C5CCCCC5CC5CCCCC54)C3C2C1. The molecule has 0 spiro atoms. The predicted octanol–water partition coefficient (Wildman–Crippen LogP) is 7.38. The third-order valence-corrected chi connectivity index (χ3v) is 14.7. The zero-order valence-corrected chi connectivity index (χ0v) is 24.0. The Morgan fingerprint density at radius 1 is 0.368 bits per heavy atom. The molecule has 2 N–H and O–H groups in total. The van der Waals surface area contributed by atoms with Crippen molar-refractivity contribution in [2.45, 2.75) is 146 Å². The van der Waals surface area contributed by atoms with Gasteiger partial charge in [-0.3, -0.25) is 0 Å². The minimum atomic E-state index is -0.0832. The molecule has 1 aliphatic heterocycles. The van der Waals surface area contributed by atoms with Crippen molar-refractivity contribution in [2.24, 2.45) is 71.0 Å². The number of ether oxygens (including phenoxy) is 1. The van der Waals surface area contributed by atoms with E-state index >= 15 is 0 Å². The third kappa shape index (κ3) is 4.21. The third-order valence-electron chi connectivity index (χ3n) is 14.7. The van der Waals surface area contributed by atoms with E-state index in [4.69, 9.17) is 4.74 Å². The maximum absolute atomic E-state index is 11.0. The molecule has 38 heavy (non-hydrogen) atoms. The molecule has 0 amide bonds. The van der Waals surface area contributed by atoms with Crippen molar-refractivity contribution in [1.29, 1.82) is 0 Å². The molecule has 7 aliphatic carbocycles. The van der Waals surface area contributed by atoms with Crippen molar-refractivity contribution >= 4 is 0 Å². The molecular formula is C35H56O3. The Labute approximate surface area is 232 Å². The number of aliphatic hydroxyl groups is 2. The summed E-state index contributed by atoms with van der Waals surface area (Å²) in [5.41, 5.74) is 0. The Morgan fingerprint density at radius 2 is 0.842 bits per heavy atom. The van der Waals surface area contributed by atoms with Crippen LogP contribution in [0.15, 0.2) is 0 Å². The van der Waals surface area contributed by atoms with Crippen LogP contribution in [0.2, 0.25) is 0 Å². The van der Waals surface area contributed by atoms with Gasteiger partial charge in [-0.05, 0) is 154 Å². The highest BCUT2D eigenvalue weighted by atomic mass is 16.5. The minimum absolute atomic E-state index is 0.0832. The first-order valence-electron chi connectivity index (χ1n) is 17.7. The molecule has 14 unspecified atom stereocenters. The molecule has 0 aromatic carbocycles. The molecule has 3 nitrogen and oxygen atoms in total. The second-order valence-corrected chi connectivity index (χ2v) is 16.1. The lowest BCUT2D eigenvalue weighted by molar-refractivity contribution is -0.250. The summed E-state index contributed by atoms with van der Waals surface area (Å²) in [4.78, 5) is 0. The summed E-state index contributed by atoms with van der Waals surface area (Å²) in [7, 11) is 0. The molecule has 1 saturated heterocycles. The normalized spacial score (nSPS) is 58.3. The number of hydrogen-bond acceptors (Lipinski definition) is 3. The molecule has 8 fully saturated rings. The Bertz CT molecular complexity index is 779. The van der Waals surface area contributed by atoms with Crippen molar-refractivity contribution < 1.29 is 14.9 Å². The molecule has 0 radical (unpaired) electrons. The van der Waals surface area contributed by atoms with Crippen LogP contribution in [-0.4, -0.2) is 34.6 Å². The summed E-state index contributed by atoms with van der Waals surface area (Å²) in [5, 5.41) is 22.0. The number of aliphatic hydroxyl groups excluding tert-OH is 2. The van der Waals surface area contributed by atoms with Gasteiger partial charge in [0, 0.05) is 0 Å². The van der Waals surface area contributed by atoms with E-state index < -0.39 is 0 Å². The minimum Gasteiger partial charge on any atom is -0.393 e. The molecule has 214 valence electrons. The van der Waals surface area contributed by atoms with Crippen LogP contribution in [0, 0.1) is 71.0 Å². The van der Waals surface area contributed by atoms with Gasteiger partial charge in [0.2, 0.25) is 0 Å². The summed E-state index contributed by atoms with van der Waals surface area (Å²) in [5.74, 6) is 9.95. The topological polar surface area (TPSA) is 49.7 Å². The number of hydrogen-bond donors (Lipinski definition) is 2. The standard InChI is InChI=1S/C35H56O3/c36-24-13-9-20-11-15-30-33(28(20)18-24)35(34-29-19-25(37)14-10-21(29)12-16-31(34)38-30)32-26-7-3-1-5-22(26)17-23-6-2-4-8-27(23)32/h20-37H,1-19H2. The van der Waals surface area contributed by atoms with E-state index in [9.17, 15) is 10.2 Å². The van der Waals surface area contributed by atoms with Gasteiger partial charge < -0.3 is 14.9 Å². The van der Waals surface area contributed by atoms with Gasteiger partial charge in [-0.15, -0.1) is 0 Å². The Kier molecular flexibility index (Phi) is 6.94. The Hall–Kier alpha value is -0.120. The number of rotatable bonds is 1. The Balaban J connectivity index is 1.24. The first-order valence-corrected chi connectivity index (χ1v) is 17.7. The van der Waals surface area contributed by atoms with Gasteiger partial charge in [0.15, 0.2) is 0 Å². The van der Waals surface area contributed by atoms with Crippen molar-refractivity contribution in [1.82, 2.24) is 0 Å². The van der Waals surface area contributed by atoms with E-state index in [1.165, 1.54) is 89.9 Å². The van der Waals surface area contributed by atoms with E-state index in [1.807, 2.05) is 0 Å². The first kappa shape index (κ1) is 25.6. The van der Waals surface area contributed by atoms with Crippen molar-refractivity contribution in [2.75, 3.05) is 0 Å². The molecule has 7 saturated carbocycles. The highest BCUT2D eigenvalue weighted by Gasteiger charge is 2.62. The van der Waals surface area contributed by atoms with E-state index in [1.54, 1.807) is 6.42 Å². The lowest BCUT2D eigenvalue weighted by Gasteiger charge is -2.65. The molecule has 8 rings (SSSR count). The van der Waals surface area contributed by atoms with Crippen LogP contribution < -0.4 is 0 Å². The zero-order valence-electron chi connectivity index (χ0n) is 24.0. The fourth-order valence-electron chi connectivity index (χ4n) is 13.6. The van der Waals surface area contributed by atoms with E-state index in [-0.39, 0.29) is 12.2 Å². The fraction of sp³-hybridized carbons (Fsp3) is 1.00. The van der Waals surface area contributed by atoms with Gasteiger partial charge in [-0.1, -0.05) is 38.5 Å². The molecular weight excluding hydrogens is 468 g/mol. The maximum Gasteiger partial charge on any atom is 0.0612 e. The van der Waals surface area contributed by atoms with Crippen LogP contribution >= 0.6 is 0 Å². The average Bonchev–Trinajstić information content (AvgIpc) is 2.94. The fourth-order valence-corrected chi connectivity index (χ4v) is 13.6.